The Morgan fingerprint density at radius 1 is 0.486 bits per heavy atom. The molecule has 4 aliphatic heterocycles. The Labute approximate surface area is 640 Å². The second-order valence-electron chi connectivity index (χ2n) is 31.5. The first-order valence-electron chi connectivity index (χ1n) is 35.6. The molecule has 8 heterocycles. The number of H-pyrrole nitrogens is 4. The highest BCUT2D eigenvalue weighted by molar-refractivity contribution is 5.95. The summed E-state index contributed by atoms with van der Waals surface area (Å²) in [4.78, 5) is 155. The molecule has 4 aliphatic rings. The molecule has 4 amide bonds. The lowest BCUT2D eigenvalue weighted by Crippen LogP contribution is -2.59. The van der Waals surface area contributed by atoms with Gasteiger partial charge < -0.3 is 107 Å². The van der Waals surface area contributed by atoms with Crippen molar-refractivity contribution in [1.29, 1.82) is 0 Å². The van der Waals surface area contributed by atoms with E-state index in [0.717, 1.165) is 14.7 Å². The van der Waals surface area contributed by atoms with E-state index in [-0.39, 0.29) is 95.3 Å². The van der Waals surface area contributed by atoms with Gasteiger partial charge in [0.15, 0.2) is 34.5 Å². The molecule has 0 spiro atoms. The van der Waals surface area contributed by atoms with Crippen LogP contribution < -0.4 is 75.0 Å². The number of aromatic nitrogens is 8. The fraction of sp³-hybridized carbons (Fsp3) is 0.662. The van der Waals surface area contributed by atoms with Crippen molar-refractivity contribution in [1.82, 2.24) is 55.0 Å². The minimum absolute atomic E-state index is 0.00241. The van der Waals surface area contributed by atoms with Crippen LogP contribution in [0.5, 0.6) is 0 Å². The van der Waals surface area contributed by atoms with Gasteiger partial charge in [0.25, 0.3) is 22.2 Å². The highest BCUT2D eigenvalue weighted by Gasteiger charge is 2.47. The lowest BCUT2D eigenvalue weighted by atomic mass is 9.89. The molecule has 0 radical (unpaired) electrons. The van der Waals surface area contributed by atoms with Crippen LogP contribution in [0.1, 0.15) is 130 Å². The molecule has 620 valence electrons. The topological polar surface area (TPSA) is 609 Å². The maximum atomic E-state index is 13.4. The number of fused-ring (bicyclic) bond motifs is 4. The zero-order valence-corrected chi connectivity index (χ0v) is 66.7. The number of aliphatic imine (C=N–C) groups is 2. The van der Waals surface area contributed by atoms with E-state index in [9.17, 15) is 78.9 Å². The van der Waals surface area contributed by atoms with Crippen LogP contribution in [-0.4, -0.2) is 278 Å². The van der Waals surface area contributed by atoms with E-state index in [2.05, 4.69) is 76.4 Å². The first-order chi connectivity index (χ1) is 51.1. The number of nitrogens with two attached hydrogens (primary N) is 2. The molecule has 43 heteroatoms. The number of nitrogen functional groups attached to an aromatic ring is 2. The summed E-state index contributed by atoms with van der Waals surface area (Å²) in [5.41, 5.74) is 5.39. The summed E-state index contributed by atoms with van der Waals surface area (Å²) in [6, 6.07) is -4.03. The van der Waals surface area contributed by atoms with Gasteiger partial charge in [0.05, 0.1) is 60.8 Å². The number of amides is 4. The second kappa shape index (κ2) is 37.5. The normalized spacial score (nSPS) is 19.2. The van der Waals surface area contributed by atoms with Crippen molar-refractivity contribution in [2.45, 2.75) is 226 Å². The van der Waals surface area contributed by atoms with Gasteiger partial charge in [-0.25, -0.2) is 34.0 Å². The molecule has 0 aliphatic carbocycles. The Morgan fingerprint density at radius 3 is 1.17 bits per heavy atom. The van der Waals surface area contributed by atoms with Crippen LogP contribution in [0.2, 0.25) is 0 Å². The summed E-state index contributed by atoms with van der Waals surface area (Å²) >= 11 is 0. The number of hydrogen-bond acceptors (Lipinski definition) is 33. The summed E-state index contributed by atoms with van der Waals surface area (Å²) in [6.45, 7) is 29.9. The summed E-state index contributed by atoms with van der Waals surface area (Å²) in [5, 5.41) is 84.8. The molecule has 13 atom stereocenters. The average Bonchev–Trinajstić information content (AvgIpc) is 0.774. The monoisotopic (exact) mass is 1570 g/mol. The number of nitrogens with one attached hydrogen (secondary N) is 9. The molecular weight excluding hydrogens is 1460 g/mol. The number of alkyl carbamates (subject to hydrolysis) is 1. The molecule has 8 rings (SSSR count). The fourth-order valence-electron chi connectivity index (χ4n) is 11.0. The third-order valence-electron chi connectivity index (χ3n) is 16.0. The van der Waals surface area contributed by atoms with Crippen LogP contribution in [0.25, 0.3) is 0 Å². The molecule has 4 aromatic heterocycles. The van der Waals surface area contributed by atoms with Crippen molar-refractivity contribution in [2.75, 3.05) is 102 Å². The lowest BCUT2D eigenvalue weighted by molar-refractivity contribution is -0.158. The van der Waals surface area contributed by atoms with Gasteiger partial charge in [-0.2, -0.15) is 19.9 Å². The van der Waals surface area contributed by atoms with Crippen molar-refractivity contribution < 1.29 is 83.4 Å². The zero-order valence-electron chi connectivity index (χ0n) is 66.7. The highest BCUT2D eigenvalue weighted by Crippen LogP contribution is 2.35. The minimum Gasteiger partial charge on any atom is -0.458 e. The molecule has 0 saturated carbocycles. The van der Waals surface area contributed by atoms with Gasteiger partial charge in [0.2, 0.25) is 23.8 Å². The van der Waals surface area contributed by atoms with Crippen molar-refractivity contribution in [2.24, 2.45) is 21.8 Å². The van der Waals surface area contributed by atoms with Gasteiger partial charge in [-0.15, -0.1) is 0 Å². The van der Waals surface area contributed by atoms with Gasteiger partial charge in [-0.05, 0) is 123 Å². The van der Waals surface area contributed by atoms with E-state index in [1.54, 1.807) is 135 Å². The van der Waals surface area contributed by atoms with Gasteiger partial charge in [-0.1, -0.05) is 13.8 Å². The number of hydrogen-bond donors (Lipinski definition) is 18. The zero-order chi connectivity index (χ0) is 84.2. The molecule has 20 N–H and O–H groups in total. The molecule has 4 aromatic rings. The van der Waals surface area contributed by atoms with E-state index in [4.69, 9.17) is 35.2 Å². The lowest BCUT2D eigenvalue weighted by Gasteiger charge is -2.40. The quantitative estimate of drug-likeness (QED) is 0.0321. The minimum atomic E-state index is -1.48. The van der Waals surface area contributed by atoms with E-state index in [1.165, 1.54) is 40.4 Å². The Hall–Kier alpha value is -10.5. The molecule has 0 fully saturated rings. The number of rotatable bonds is 16. The first-order valence-corrected chi connectivity index (χ1v) is 35.6. The maximum Gasteiger partial charge on any atom is 0.415 e. The smallest absolute Gasteiger partial charge is 0.415 e. The Kier molecular flexibility index (Phi) is 30.8. The Balaban J connectivity index is 0.000000278. The molecule has 43 nitrogen and oxygen atoms in total. The van der Waals surface area contributed by atoms with Gasteiger partial charge in [-0.3, -0.25) is 53.8 Å². The van der Waals surface area contributed by atoms with Gasteiger partial charge in [0.1, 0.15) is 58.7 Å². The molecule has 0 bridgehead atoms. The fourth-order valence-corrected chi connectivity index (χ4v) is 11.0. The number of nitrogens with zero attached hydrogens (tertiary/aromatic N) is 11. The van der Waals surface area contributed by atoms with Crippen LogP contribution >= 0.6 is 0 Å². The molecular formula is C68H112N22O21. The maximum absolute atomic E-state index is 13.4. The van der Waals surface area contributed by atoms with Crippen LogP contribution in [0.4, 0.5) is 83.3 Å². The van der Waals surface area contributed by atoms with E-state index < -0.39 is 142 Å². The van der Waals surface area contributed by atoms with Crippen LogP contribution in [0.15, 0.2) is 29.2 Å². The summed E-state index contributed by atoms with van der Waals surface area (Å²) in [5.74, 6) is -0.611. The predicted molar refractivity (Wildman–Crippen MR) is 413 cm³/mol. The second-order valence-corrected chi connectivity index (χ2v) is 31.5. The molecule has 0 saturated heterocycles. The van der Waals surface area contributed by atoms with Crippen LogP contribution in [0, 0.1) is 11.8 Å². The van der Waals surface area contributed by atoms with Crippen molar-refractivity contribution in [3.8, 4) is 0 Å². The Bertz CT molecular complexity index is 4190. The number of anilines is 9. The predicted octanol–water partition coefficient (Wildman–Crippen LogP) is 0.945. The number of aliphatic hydroxyl groups excluding tert-OH is 7. The Morgan fingerprint density at radius 2 is 0.820 bits per heavy atom. The summed E-state index contributed by atoms with van der Waals surface area (Å²) in [7, 11) is 7.04. The third kappa shape index (κ3) is 25.8. The largest absolute Gasteiger partial charge is 0.458 e. The van der Waals surface area contributed by atoms with Gasteiger partial charge in [0, 0.05) is 60.3 Å². The van der Waals surface area contributed by atoms with Crippen molar-refractivity contribution >= 4 is 107 Å². The SMILES string of the molecule is CC(C)[C@H](NC(=O)OC(C)(C)C)C(=O)O[C@@H](C)[C@H](O)C1CNc2nc(N=CN(C)C)[nH]c(=O)c2N1C(=O)OC(C)(C)C.C[C@H](O)[C@H](O)C1CNc2nc(N)[nH]c(=O)c2C1.C[C@H](O)[C@H](O)C1CNc2nc(N)[nH]c(=O)c2N1C(=O)OC(C)(C)C.C[C@H](O)[C@H](O)C1CNc2nc(N=CN(C)C)[nH]c(=O)c2N1C(=O)OC(C)(C)C. The molecule has 4 unspecified atom stereocenters. The number of carbonyl (C=O) groups is 5. The van der Waals surface area contributed by atoms with Crippen LogP contribution in [-0.2, 0) is 34.9 Å². The van der Waals surface area contributed by atoms with Crippen LogP contribution in [0.3, 0.4) is 0 Å². The number of carbonyl (C=O) groups excluding carboxylic acids is 5. The summed E-state index contributed by atoms with van der Waals surface area (Å²) in [6.07, 6.45) is -9.27. The highest BCUT2D eigenvalue weighted by atomic mass is 16.6. The number of esters is 1. The van der Waals surface area contributed by atoms with E-state index in [1.807, 2.05) is 0 Å². The first kappa shape index (κ1) is 91.1. The van der Waals surface area contributed by atoms with E-state index in [0.29, 0.717) is 24.3 Å². The third-order valence-corrected chi connectivity index (χ3v) is 16.0. The average molecular weight is 1570 g/mol. The molecule has 0 aromatic carbocycles. The van der Waals surface area contributed by atoms with E-state index >= 15 is 0 Å². The number of ether oxygens (including phenoxy) is 5. The summed E-state index contributed by atoms with van der Waals surface area (Å²) < 4.78 is 27.1. The molecule has 111 heavy (non-hydrogen) atoms. The standard InChI is InChI=1S/C27H45N7O8.C17H28N6O5.C14H23N5O5.C10H16N4O3/c1-14(2)17(30-24(38)41-26(4,5)6)22(37)40-15(3)19(35)16-12-28-20-18(34(16)25(39)42-27(7,8)9)21(36)32-23(31-20)29-13-33(10)11;1-9(24)12(25)10-7-18-13-11(23(10)16(27)28-17(2,3)4)14(26)21-15(20-13)19-8-22(5)6;1-6(20)9(21)7-5-16-10-8(11(22)18-12(15)17-10)19(7)13(23)24-14(2,3)4;1-4(15)7(16)5-2-6-8(12-3-5)13-10(11)14-9(6)17/h13-17,19,35H,12H2,1-11H3,(H,30,38)(H2,28,31,32,36);8-10,12,24-25H,7H2,1-6H3,(H2,18,20,21,26);6-7,9,20-21H,5H2,1-4H3,(H4,15,16,17,18,22);4-5,7,15-16H,2-3H2,1H3,(H4,11,12,13,14,17)/t15-,16?,17-,19-;9-,10?,12-;6-,7?,9-;4-,5?,7-/m0000/s1. The number of aliphatic hydroxyl groups is 7. The van der Waals surface area contributed by atoms with Crippen molar-refractivity contribution in [3.05, 3.63) is 47.0 Å². The van der Waals surface area contributed by atoms with Crippen molar-refractivity contribution in [3.63, 3.8) is 0 Å². The number of aromatic amines is 4. The van der Waals surface area contributed by atoms with Gasteiger partial charge >= 0.3 is 30.3 Å².